The molecule has 0 radical (unpaired) electrons. The first-order valence-electron chi connectivity index (χ1n) is 8.41. The molecule has 0 aliphatic heterocycles. The summed E-state index contributed by atoms with van der Waals surface area (Å²) in [5, 5.41) is 5.55. The quantitative estimate of drug-likeness (QED) is 0.801. The Labute approximate surface area is 153 Å². The molecular formula is C20H24FN3O2. The molecule has 0 aliphatic rings. The molecule has 0 atom stereocenters. The van der Waals surface area contributed by atoms with E-state index in [9.17, 15) is 14.0 Å². The number of carbonyl (C=O) groups is 2. The average Bonchev–Trinajstić information content (AvgIpc) is 2.57. The van der Waals surface area contributed by atoms with Crippen molar-refractivity contribution in [3.05, 3.63) is 65.0 Å². The largest absolute Gasteiger partial charge is 0.351 e. The number of benzene rings is 2. The Balaban J connectivity index is 1.80. The van der Waals surface area contributed by atoms with Crippen LogP contribution in [0, 0.1) is 19.7 Å². The molecule has 2 N–H and O–H groups in total. The van der Waals surface area contributed by atoms with Gasteiger partial charge in [-0.05, 0) is 38.1 Å². The number of para-hydroxylation sites is 1. The molecule has 0 spiro atoms. The summed E-state index contributed by atoms with van der Waals surface area (Å²) in [4.78, 5) is 25.8. The van der Waals surface area contributed by atoms with E-state index in [0.717, 1.165) is 16.8 Å². The second kappa shape index (κ2) is 9.10. The van der Waals surface area contributed by atoms with E-state index in [0.29, 0.717) is 5.56 Å². The SMILES string of the molecule is Cc1cccc(C)c1NC(=O)CN(C)CC(=O)NCc1ccccc1F. The van der Waals surface area contributed by atoms with Gasteiger partial charge in [0.1, 0.15) is 5.82 Å². The van der Waals surface area contributed by atoms with E-state index in [2.05, 4.69) is 10.6 Å². The second-order valence-electron chi connectivity index (χ2n) is 6.36. The number of likely N-dealkylation sites (N-methyl/N-ethyl adjacent to an activating group) is 1. The van der Waals surface area contributed by atoms with Crippen molar-refractivity contribution in [3.63, 3.8) is 0 Å². The Bertz CT molecular complexity index is 772. The van der Waals surface area contributed by atoms with Crippen molar-refractivity contribution < 1.29 is 14.0 Å². The Morgan fingerprint density at radius 1 is 0.962 bits per heavy atom. The van der Waals surface area contributed by atoms with Crippen LogP contribution in [0.25, 0.3) is 0 Å². The molecule has 0 aromatic heterocycles. The number of amides is 2. The zero-order valence-corrected chi connectivity index (χ0v) is 15.3. The maximum absolute atomic E-state index is 13.5. The number of nitrogens with one attached hydrogen (secondary N) is 2. The standard InChI is InChI=1S/C20H24FN3O2/c1-14-7-6-8-15(2)20(14)23-19(26)13-24(3)12-18(25)22-11-16-9-4-5-10-17(16)21/h4-10H,11-13H2,1-3H3,(H,22,25)(H,23,26). The van der Waals surface area contributed by atoms with Crippen LogP contribution in [0.5, 0.6) is 0 Å². The maximum atomic E-state index is 13.5. The Hall–Kier alpha value is -2.73. The van der Waals surface area contributed by atoms with Crippen LogP contribution in [-0.2, 0) is 16.1 Å². The second-order valence-corrected chi connectivity index (χ2v) is 6.36. The van der Waals surface area contributed by atoms with Crippen molar-refractivity contribution in [2.45, 2.75) is 20.4 Å². The number of rotatable bonds is 7. The number of hydrogen-bond acceptors (Lipinski definition) is 3. The molecule has 6 heteroatoms. The normalized spacial score (nSPS) is 10.7. The highest BCUT2D eigenvalue weighted by Crippen LogP contribution is 2.19. The highest BCUT2D eigenvalue weighted by atomic mass is 19.1. The van der Waals surface area contributed by atoms with E-state index in [1.54, 1.807) is 30.1 Å². The van der Waals surface area contributed by atoms with Crippen LogP contribution in [0.2, 0.25) is 0 Å². The molecular weight excluding hydrogens is 333 g/mol. The van der Waals surface area contributed by atoms with Crippen LogP contribution in [0.4, 0.5) is 10.1 Å². The third-order valence-electron chi connectivity index (χ3n) is 4.01. The predicted octanol–water partition coefficient (Wildman–Crippen LogP) is 2.63. The topological polar surface area (TPSA) is 61.4 Å². The molecule has 0 saturated carbocycles. The van der Waals surface area contributed by atoms with Gasteiger partial charge in [0.05, 0.1) is 13.1 Å². The Morgan fingerprint density at radius 3 is 2.23 bits per heavy atom. The summed E-state index contributed by atoms with van der Waals surface area (Å²) in [5.74, 6) is -0.809. The van der Waals surface area contributed by atoms with Gasteiger partial charge in [-0.15, -0.1) is 0 Å². The van der Waals surface area contributed by atoms with Crippen molar-refractivity contribution in [1.29, 1.82) is 0 Å². The van der Waals surface area contributed by atoms with E-state index in [1.807, 2.05) is 32.0 Å². The highest BCUT2D eigenvalue weighted by molar-refractivity contribution is 5.94. The molecule has 5 nitrogen and oxygen atoms in total. The van der Waals surface area contributed by atoms with Gasteiger partial charge < -0.3 is 10.6 Å². The third kappa shape index (κ3) is 5.67. The molecule has 138 valence electrons. The smallest absolute Gasteiger partial charge is 0.238 e. The summed E-state index contributed by atoms with van der Waals surface area (Å²) in [6.45, 7) is 4.12. The lowest BCUT2D eigenvalue weighted by atomic mass is 10.1. The van der Waals surface area contributed by atoms with Crippen LogP contribution >= 0.6 is 0 Å². The number of carbonyl (C=O) groups excluding carboxylic acids is 2. The summed E-state index contributed by atoms with van der Waals surface area (Å²) in [5.41, 5.74) is 3.21. The molecule has 2 amide bonds. The lowest BCUT2D eigenvalue weighted by molar-refractivity contribution is -0.123. The van der Waals surface area contributed by atoms with Crippen molar-refractivity contribution in [2.24, 2.45) is 0 Å². The van der Waals surface area contributed by atoms with E-state index in [-0.39, 0.29) is 37.3 Å². The first-order chi connectivity index (χ1) is 12.4. The molecule has 2 rings (SSSR count). The van der Waals surface area contributed by atoms with Crippen molar-refractivity contribution >= 4 is 17.5 Å². The number of nitrogens with zero attached hydrogens (tertiary/aromatic N) is 1. The fourth-order valence-corrected chi connectivity index (χ4v) is 2.63. The van der Waals surface area contributed by atoms with E-state index in [4.69, 9.17) is 0 Å². The van der Waals surface area contributed by atoms with E-state index < -0.39 is 0 Å². The summed E-state index contributed by atoms with van der Waals surface area (Å²) in [6.07, 6.45) is 0. The first kappa shape index (κ1) is 19.6. The molecule has 0 saturated heterocycles. The van der Waals surface area contributed by atoms with Gasteiger partial charge in [0, 0.05) is 17.8 Å². The Morgan fingerprint density at radius 2 is 1.58 bits per heavy atom. The summed E-state index contributed by atoms with van der Waals surface area (Å²) in [7, 11) is 1.69. The zero-order chi connectivity index (χ0) is 19.1. The van der Waals surface area contributed by atoms with Gasteiger partial charge >= 0.3 is 0 Å². The molecule has 0 unspecified atom stereocenters. The van der Waals surface area contributed by atoms with Crippen LogP contribution in [0.1, 0.15) is 16.7 Å². The van der Waals surface area contributed by atoms with Gasteiger partial charge in [-0.3, -0.25) is 14.5 Å². The van der Waals surface area contributed by atoms with Gasteiger partial charge in [0.2, 0.25) is 11.8 Å². The first-order valence-corrected chi connectivity index (χ1v) is 8.41. The molecule has 0 aliphatic carbocycles. The van der Waals surface area contributed by atoms with Crippen molar-refractivity contribution in [3.8, 4) is 0 Å². The minimum Gasteiger partial charge on any atom is -0.351 e. The molecule has 0 heterocycles. The summed E-state index contributed by atoms with van der Waals surface area (Å²) < 4.78 is 13.5. The predicted molar refractivity (Wildman–Crippen MR) is 100 cm³/mol. The molecule has 26 heavy (non-hydrogen) atoms. The van der Waals surface area contributed by atoms with Crippen LogP contribution in [0.15, 0.2) is 42.5 Å². The van der Waals surface area contributed by atoms with Gasteiger partial charge in [-0.1, -0.05) is 36.4 Å². The number of hydrogen-bond donors (Lipinski definition) is 2. The van der Waals surface area contributed by atoms with Crippen molar-refractivity contribution in [2.75, 3.05) is 25.5 Å². The van der Waals surface area contributed by atoms with E-state index >= 15 is 0 Å². The maximum Gasteiger partial charge on any atom is 0.238 e. The van der Waals surface area contributed by atoms with Crippen LogP contribution < -0.4 is 10.6 Å². The van der Waals surface area contributed by atoms with Gasteiger partial charge in [0.25, 0.3) is 0 Å². The van der Waals surface area contributed by atoms with Gasteiger partial charge in [-0.25, -0.2) is 4.39 Å². The van der Waals surface area contributed by atoms with E-state index in [1.165, 1.54) is 6.07 Å². The lowest BCUT2D eigenvalue weighted by Gasteiger charge is -2.17. The highest BCUT2D eigenvalue weighted by Gasteiger charge is 2.13. The monoisotopic (exact) mass is 357 g/mol. The third-order valence-corrected chi connectivity index (χ3v) is 4.01. The fraction of sp³-hybridized carbons (Fsp3) is 0.300. The number of halogens is 1. The summed E-state index contributed by atoms with van der Waals surface area (Å²) in [6, 6.07) is 12.1. The van der Waals surface area contributed by atoms with Crippen LogP contribution in [-0.4, -0.2) is 36.9 Å². The molecule has 0 fully saturated rings. The number of aryl methyl sites for hydroxylation is 2. The van der Waals surface area contributed by atoms with Crippen molar-refractivity contribution in [1.82, 2.24) is 10.2 Å². The Kier molecular flexibility index (Phi) is 6.86. The average molecular weight is 357 g/mol. The van der Waals surface area contributed by atoms with Gasteiger partial charge in [-0.2, -0.15) is 0 Å². The zero-order valence-electron chi connectivity index (χ0n) is 15.3. The molecule has 2 aromatic rings. The summed E-state index contributed by atoms with van der Waals surface area (Å²) >= 11 is 0. The van der Waals surface area contributed by atoms with Crippen LogP contribution in [0.3, 0.4) is 0 Å². The fourth-order valence-electron chi connectivity index (χ4n) is 2.63. The molecule has 0 bridgehead atoms. The minimum atomic E-state index is -0.353. The molecule has 2 aromatic carbocycles. The number of anilines is 1. The lowest BCUT2D eigenvalue weighted by Crippen LogP contribution is -2.38. The minimum absolute atomic E-state index is 0.0502. The van der Waals surface area contributed by atoms with Gasteiger partial charge in [0.15, 0.2) is 0 Å².